The number of pyridine rings is 1. The lowest BCUT2D eigenvalue weighted by molar-refractivity contribution is -0.122. The molecule has 1 aliphatic carbocycles. The van der Waals surface area contributed by atoms with Crippen molar-refractivity contribution in [1.82, 2.24) is 9.88 Å². The fourth-order valence-electron chi connectivity index (χ4n) is 3.52. The summed E-state index contributed by atoms with van der Waals surface area (Å²) in [5, 5.41) is 15.9. The molecule has 0 saturated heterocycles. The molecule has 8 heteroatoms. The zero-order valence-corrected chi connectivity index (χ0v) is 18.4. The van der Waals surface area contributed by atoms with Crippen molar-refractivity contribution in [2.75, 3.05) is 24.2 Å². The van der Waals surface area contributed by atoms with Crippen LogP contribution in [-0.4, -0.2) is 41.3 Å². The first-order chi connectivity index (χ1) is 14.4. The van der Waals surface area contributed by atoms with Gasteiger partial charge in [0.1, 0.15) is 16.9 Å². The number of fused-ring (bicyclic) bond motifs is 1. The minimum absolute atomic E-state index is 0.0518. The summed E-state index contributed by atoms with van der Waals surface area (Å²) >= 11 is 1.51. The summed E-state index contributed by atoms with van der Waals surface area (Å²) in [7, 11) is 1.72. The van der Waals surface area contributed by atoms with Gasteiger partial charge in [-0.2, -0.15) is 5.26 Å². The highest BCUT2D eigenvalue weighted by atomic mass is 32.1. The topological polar surface area (TPSA) is 98.1 Å². The van der Waals surface area contributed by atoms with Gasteiger partial charge in [0.2, 0.25) is 11.8 Å². The van der Waals surface area contributed by atoms with Crippen molar-refractivity contribution < 1.29 is 9.59 Å². The maximum Gasteiger partial charge on any atom is 0.242 e. The van der Waals surface area contributed by atoms with Crippen LogP contribution in [0.1, 0.15) is 47.8 Å². The summed E-state index contributed by atoms with van der Waals surface area (Å²) < 4.78 is 0. The number of aryl methyl sites for hydroxylation is 2. The molecule has 0 saturated carbocycles. The molecule has 2 aromatic heterocycles. The van der Waals surface area contributed by atoms with Gasteiger partial charge in [-0.15, -0.1) is 11.3 Å². The molecule has 30 heavy (non-hydrogen) atoms. The molecule has 0 aromatic carbocycles. The molecule has 7 nitrogen and oxygen atoms in total. The maximum atomic E-state index is 12.8. The number of hydrogen-bond acceptors (Lipinski definition) is 6. The molecule has 0 fully saturated rings. The second-order valence-corrected chi connectivity index (χ2v) is 8.83. The number of likely N-dealkylation sites (N-methyl/N-ethyl adjacent to an activating group) is 1. The molecule has 0 aliphatic heterocycles. The van der Waals surface area contributed by atoms with Crippen LogP contribution >= 0.6 is 11.3 Å². The molecule has 158 valence electrons. The third-order valence-electron chi connectivity index (χ3n) is 5.39. The van der Waals surface area contributed by atoms with E-state index in [-0.39, 0.29) is 18.4 Å². The number of amides is 2. The van der Waals surface area contributed by atoms with Crippen molar-refractivity contribution in [1.29, 1.82) is 5.26 Å². The fraction of sp³-hybridized carbons (Fsp3) is 0.455. The molecule has 1 unspecified atom stereocenters. The summed E-state index contributed by atoms with van der Waals surface area (Å²) in [6.45, 7) is 3.73. The van der Waals surface area contributed by atoms with Crippen molar-refractivity contribution >= 4 is 34.0 Å². The summed E-state index contributed by atoms with van der Waals surface area (Å²) in [6, 6.07) is 5.39. The number of thiophene rings is 1. The lowest BCUT2D eigenvalue weighted by atomic mass is 10.1. The Kier molecular flexibility index (Phi) is 7.19. The standard InChI is InChI=1S/C22H27N5O2S/c1-14-9-10-24-19(11-14)25-20(28)13-27(3)15(2)21(29)26-22-17(12-23)16-7-5-4-6-8-18(16)30-22/h9-11,15H,4-8,13H2,1-3H3,(H,26,29)(H,24,25,28). The average Bonchev–Trinajstić information content (AvgIpc) is 2.86. The second-order valence-electron chi connectivity index (χ2n) is 7.73. The SMILES string of the molecule is Cc1ccnc(NC(=O)CN(C)C(C)C(=O)Nc2sc3c(c2C#N)CCCCC3)c1. The molecule has 3 rings (SSSR count). The zero-order valence-electron chi connectivity index (χ0n) is 17.6. The van der Waals surface area contributed by atoms with Gasteiger partial charge in [-0.25, -0.2) is 4.98 Å². The monoisotopic (exact) mass is 425 g/mol. The van der Waals surface area contributed by atoms with Crippen molar-refractivity contribution in [2.45, 2.75) is 52.0 Å². The summed E-state index contributed by atoms with van der Waals surface area (Å²) in [6.07, 6.45) is 6.88. The molecule has 0 bridgehead atoms. The van der Waals surface area contributed by atoms with Gasteiger partial charge >= 0.3 is 0 Å². The quantitative estimate of drug-likeness (QED) is 0.691. The Morgan fingerprint density at radius 2 is 2.07 bits per heavy atom. The first kappa shape index (κ1) is 21.9. The van der Waals surface area contributed by atoms with Gasteiger partial charge in [-0.3, -0.25) is 14.5 Å². The Labute approximate surface area is 181 Å². The first-order valence-electron chi connectivity index (χ1n) is 10.2. The number of carbonyl (C=O) groups excluding carboxylic acids is 2. The van der Waals surface area contributed by atoms with Gasteiger partial charge in [0, 0.05) is 11.1 Å². The Hall–Kier alpha value is -2.76. The second kappa shape index (κ2) is 9.83. The summed E-state index contributed by atoms with van der Waals surface area (Å²) in [5.74, 6) is 0.0203. The first-order valence-corrected chi connectivity index (χ1v) is 11.0. The highest BCUT2D eigenvalue weighted by Crippen LogP contribution is 2.37. The van der Waals surface area contributed by atoms with E-state index in [4.69, 9.17) is 0 Å². The third-order valence-corrected chi connectivity index (χ3v) is 6.59. The Morgan fingerprint density at radius 1 is 1.30 bits per heavy atom. The predicted molar refractivity (Wildman–Crippen MR) is 119 cm³/mol. The van der Waals surface area contributed by atoms with E-state index in [9.17, 15) is 14.9 Å². The molecule has 2 heterocycles. The number of hydrogen-bond donors (Lipinski definition) is 2. The highest BCUT2D eigenvalue weighted by Gasteiger charge is 2.25. The number of carbonyl (C=O) groups is 2. The van der Waals surface area contributed by atoms with Crippen LogP contribution in [0.3, 0.4) is 0 Å². The van der Waals surface area contributed by atoms with Crippen molar-refractivity contribution in [3.8, 4) is 6.07 Å². The number of aromatic nitrogens is 1. The number of nitrogens with one attached hydrogen (secondary N) is 2. The minimum Gasteiger partial charge on any atom is -0.315 e. The van der Waals surface area contributed by atoms with Gasteiger partial charge < -0.3 is 10.6 Å². The molecular weight excluding hydrogens is 398 g/mol. The van der Waals surface area contributed by atoms with Crippen molar-refractivity contribution in [3.05, 3.63) is 39.9 Å². The lowest BCUT2D eigenvalue weighted by Gasteiger charge is -2.23. The zero-order chi connectivity index (χ0) is 21.7. The average molecular weight is 426 g/mol. The number of nitriles is 1. The van der Waals surface area contributed by atoms with E-state index >= 15 is 0 Å². The Morgan fingerprint density at radius 3 is 2.80 bits per heavy atom. The van der Waals surface area contributed by atoms with E-state index in [1.807, 2.05) is 13.0 Å². The molecule has 2 amide bonds. The fourth-order valence-corrected chi connectivity index (χ4v) is 4.76. The Balaban J connectivity index is 1.61. The maximum absolute atomic E-state index is 12.8. The normalized spacial score (nSPS) is 14.4. The van der Waals surface area contributed by atoms with E-state index < -0.39 is 6.04 Å². The molecule has 0 radical (unpaired) electrons. The molecule has 2 N–H and O–H groups in total. The van der Waals surface area contributed by atoms with Crippen LogP contribution in [0.4, 0.5) is 10.8 Å². The van der Waals surface area contributed by atoms with Crippen LogP contribution in [0.2, 0.25) is 0 Å². The van der Waals surface area contributed by atoms with Crippen LogP contribution in [0, 0.1) is 18.3 Å². The molecule has 0 spiro atoms. The number of nitrogens with zero attached hydrogens (tertiary/aromatic N) is 3. The van der Waals surface area contributed by atoms with E-state index in [2.05, 4.69) is 21.7 Å². The lowest BCUT2D eigenvalue weighted by Crippen LogP contribution is -2.43. The van der Waals surface area contributed by atoms with Crippen LogP contribution in [-0.2, 0) is 22.4 Å². The number of anilines is 2. The molecule has 1 aliphatic rings. The summed E-state index contributed by atoms with van der Waals surface area (Å²) in [4.78, 5) is 32.1. The van der Waals surface area contributed by atoms with Crippen LogP contribution in [0.5, 0.6) is 0 Å². The van der Waals surface area contributed by atoms with E-state index in [0.29, 0.717) is 16.4 Å². The van der Waals surface area contributed by atoms with E-state index in [0.717, 1.165) is 36.8 Å². The van der Waals surface area contributed by atoms with Gasteiger partial charge in [0.25, 0.3) is 0 Å². The summed E-state index contributed by atoms with van der Waals surface area (Å²) in [5.41, 5.74) is 2.70. The van der Waals surface area contributed by atoms with Crippen LogP contribution < -0.4 is 10.6 Å². The number of rotatable bonds is 6. The van der Waals surface area contributed by atoms with E-state index in [1.165, 1.54) is 22.6 Å². The third kappa shape index (κ3) is 5.23. The molecular formula is C22H27N5O2S. The van der Waals surface area contributed by atoms with E-state index in [1.54, 1.807) is 31.1 Å². The van der Waals surface area contributed by atoms with Gasteiger partial charge in [0.05, 0.1) is 18.2 Å². The van der Waals surface area contributed by atoms with Crippen LogP contribution in [0.15, 0.2) is 18.3 Å². The van der Waals surface area contributed by atoms with Crippen LogP contribution in [0.25, 0.3) is 0 Å². The largest absolute Gasteiger partial charge is 0.315 e. The van der Waals surface area contributed by atoms with Gasteiger partial charge in [-0.1, -0.05) is 6.42 Å². The molecule has 2 aromatic rings. The molecule has 1 atom stereocenters. The smallest absolute Gasteiger partial charge is 0.242 e. The van der Waals surface area contributed by atoms with Crippen molar-refractivity contribution in [2.24, 2.45) is 0 Å². The van der Waals surface area contributed by atoms with Gasteiger partial charge in [-0.05, 0) is 69.8 Å². The predicted octanol–water partition coefficient (Wildman–Crippen LogP) is 3.49. The minimum atomic E-state index is -0.533. The van der Waals surface area contributed by atoms with Crippen molar-refractivity contribution in [3.63, 3.8) is 0 Å². The van der Waals surface area contributed by atoms with Gasteiger partial charge in [0.15, 0.2) is 0 Å². The highest BCUT2D eigenvalue weighted by molar-refractivity contribution is 7.16. The Bertz CT molecular complexity index is 978.